The van der Waals surface area contributed by atoms with Crippen molar-refractivity contribution in [3.63, 3.8) is 0 Å². The van der Waals surface area contributed by atoms with Gasteiger partial charge in [0.15, 0.2) is 5.82 Å². The van der Waals surface area contributed by atoms with Crippen molar-refractivity contribution in [1.82, 2.24) is 0 Å². The second-order valence-corrected chi connectivity index (χ2v) is 3.25. The van der Waals surface area contributed by atoms with Gasteiger partial charge in [0.05, 0.1) is 16.0 Å². The van der Waals surface area contributed by atoms with Crippen LogP contribution < -0.4 is 4.74 Å². The lowest BCUT2D eigenvalue weighted by molar-refractivity contribution is -0.386. The molecule has 0 heterocycles. The van der Waals surface area contributed by atoms with Gasteiger partial charge >= 0.3 is 5.69 Å². The van der Waals surface area contributed by atoms with Crippen molar-refractivity contribution in [3.8, 4) is 5.75 Å². The summed E-state index contributed by atoms with van der Waals surface area (Å²) in [6.45, 7) is 1.80. The second-order valence-electron chi connectivity index (χ2n) is 2.40. The Morgan fingerprint density at radius 1 is 1.64 bits per heavy atom. The smallest absolute Gasteiger partial charge is 0.314 e. The maximum Gasteiger partial charge on any atom is 0.314 e. The van der Waals surface area contributed by atoms with Crippen molar-refractivity contribution < 1.29 is 14.1 Å². The monoisotopic (exact) mass is 263 g/mol. The number of nitro benzene ring substituents is 1. The molecule has 0 saturated heterocycles. The van der Waals surface area contributed by atoms with Crippen LogP contribution in [0, 0.1) is 15.9 Å². The van der Waals surface area contributed by atoms with Crippen molar-refractivity contribution in [3.05, 3.63) is 32.5 Å². The molecule has 0 unspecified atom stereocenters. The molecule has 0 aliphatic carbocycles. The highest BCUT2D eigenvalue weighted by atomic mass is 79.9. The number of rotatable bonds is 3. The van der Waals surface area contributed by atoms with Crippen LogP contribution in [0.2, 0.25) is 0 Å². The standard InChI is InChI=1S/C8H7BrFNO3/c1-2-14-8-6(11(12)13)4-3-5(9)7(8)10/h3-4H,2H2,1H3. The van der Waals surface area contributed by atoms with Crippen molar-refractivity contribution in [2.75, 3.05) is 6.61 Å². The van der Waals surface area contributed by atoms with E-state index in [0.717, 1.165) is 0 Å². The van der Waals surface area contributed by atoms with Gasteiger partial charge in [-0.2, -0.15) is 0 Å². The first-order valence-electron chi connectivity index (χ1n) is 3.83. The maximum atomic E-state index is 13.3. The molecule has 14 heavy (non-hydrogen) atoms. The van der Waals surface area contributed by atoms with E-state index in [9.17, 15) is 14.5 Å². The molecule has 0 aliphatic heterocycles. The van der Waals surface area contributed by atoms with Gasteiger partial charge in [-0.15, -0.1) is 0 Å². The van der Waals surface area contributed by atoms with Crippen molar-refractivity contribution in [2.24, 2.45) is 0 Å². The van der Waals surface area contributed by atoms with E-state index in [0.29, 0.717) is 0 Å². The number of benzene rings is 1. The number of nitrogens with zero attached hydrogens (tertiary/aromatic N) is 1. The topological polar surface area (TPSA) is 52.4 Å². The van der Waals surface area contributed by atoms with Crippen LogP contribution in [0.5, 0.6) is 5.75 Å². The SMILES string of the molecule is CCOc1c([N+](=O)[O-])ccc(Br)c1F. The van der Waals surface area contributed by atoms with Crippen LogP contribution in [0.1, 0.15) is 6.92 Å². The molecule has 0 radical (unpaired) electrons. The zero-order chi connectivity index (χ0) is 10.7. The van der Waals surface area contributed by atoms with E-state index in [1.54, 1.807) is 6.92 Å². The van der Waals surface area contributed by atoms with Crippen LogP contribution >= 0.6 is 15.9 Å². The van der Waals surface area contributed by atoms with Gasteiger partial charge in [0, 0.05) is 6.07 Å². The highest BCUT2D eigenvalue weighted by molar-refractivity contribution is 9.10. The average Bonchev–Trinajstić information content (AvgIpc) is 2.13. The van der Waals surface area contributed by atoms with Crippen molar-refractivity contribution >= 4 is 21.6 Å². The summed E-state index contributed by atoms with van der Waals surface area (Å²) in [7, 11) is 0. The van der Waals surface area contributed by atoms with Gasteiger partial charge in [0.1, 0.15) is 0 Å². The molecule has 0 aliphatic rings. The summed E-state index contributed by atoms with van der Waals surface area (Å²) in [5, 5.41) is 10.5. The molecule has 76 valence electrons. The Balaban J connectivity index is 3.29. The van der Waals surface area contributed by atoms with E-state index >= 15 is 0 Å². The Hall–Kier alpha value is -1.17. The van der Waals surface area contributed by atoms with Gasteiger partial charge in [-0.05, 0) is 28.9 Å². The third kappa shape index (κ3) is 2.01. The summed E-state index contributed by atoms with van der Waals surface area (Å²) in [6, 6.07) is 2.47. The van der Waals surface area contributed by atoms with Crippen LogP contribution in [-0.4, -0.2) is 11.5 Å². The van der Waals surface area contributed by atoms with Crippen molar-refractivity contribution in [2.45, 2.75) is 6.92 Å². The lowest BCUT2D eigenvalue weighted by Crippen LogP contribution is -2.00. The van der Waals surface area contributed by atoms with E-state index in [-0.39, 0.29) is 22.5 Å². The molecule has 0 saturated carbocycles. The average molecular weight is 264 g/mol. The summed E-state index contributed by atoms with van der Waals surface area (Å²) < 4.78 is 18.3. The molecular formula is C8H7BrFNO3. The highest BCUT2D eigenvalue weighted by Gasteiger charge is 2.21. The number of ether oxygens (including phenoxy) is 1. The third-order valence-corrected chi connectivity index (χ3v) is 2.13. The number of halogens is 2. The van der Waals surface area contributed by atoms with Gasteiger partial charge < -0.3 is 4.74 Å². The van der Waals surface area contributed by atoms with Crippen LogP contribution in [0.3, 0.4) is 0 Å². The number of hydrogen-bond acceptors (Lipinski definition) is 3. The van der Waals surface area contributed by atoms with Gasteiger partial charge in [0.25, 0.3) is 0 Å². The van der Waals surface area contributed by atoms with E-state index in [4.69, 9.17) is 4.74 Å². The minimum atomic E-state index is -0.749. The van der Waals surface area contributed by atoms with Gasteiger partial charge in [-0.3, -0.25) is 10.1 Å². The van der Waals surface area contributed by atoms with Gasteiger partial charge in [-0.1, -0.05) is 0 Å². The molecular weight excluding hydrogens is 257 g/mol. The summed E-state index contributed by atoms with van der Waals surface area (Å²) in [5.74, 6) is -1.08. The minimum Gasteiger partial charge on any atom is -0.485 e. The van der Waals surface area contributed by atoms with Crippen LogP contribution in [-0.2, 0) is 0 Å². The summed E-state index contributed by atoms with van der Waals surface area (Å²) >= 11 is 2.92. The molecule has 0 N–H and O–H groups in total. The lowest BCUT2D eigenvalue weighted by atomic mass is 10.3. The summed E-state index contributed by atoms with van der Waals surface area (Å²) in [5.41, 5.74) is -0.368. The Bertz CT molecular complexity index is 370. The van der Waals surface area contributed by atoms with Gasteiger partial charge in [-0.25, -0.2) is 4.39 Å². The predicted octanol–water partition coefficient (Wildman–Crippen LogP) is 2.90. The molecule has 0 bridgehead atoms. The molecule has 1 rings (SSSR count). The quantitative estimate of drug-likeness (QED) is 0.623. The normalized spacial score (nSPS) is 9.93. The molecule has 6 heteroatoms. The lowest BCUT2D eigenvalue weighted by Gasteiger charge is -2.05. The molecule has 0 spiro atoms. The second kappa shape index (κ2) is 4.36. The Morgan fingerprint density at radius 3 is 2.79 bits per heavy atom. The first-order valence-corrected chi connectivity index (χ1v) is 4.62. The third-order valence-electron chi connectivity index (χ3n) is 1.51. The molecule has 0 aromatic heterocycles. The van der Waals surface area contributed by atoms with Crippen LogP contribution in [0.15, 0.2) is 16.6 Å². The summed E-state index contributed by atoms with van der Waals surface area (Å²) in [6.07, 6.45) is 0. The summed E-state index contributed by atoms with van der Waals surface area (Å²) in [4.78, 5) is 9.82. The Kier molecular flexibility index (Phi) is 3.40. The Labute approximate surface area is 88.0 Å². The number of hydrogen-bond donors (Lipinski definition) is 0. The van der Waals surface area contributed by atoms with E-state index in [2.05, 4.69) is 15.9 Å². The van der Waals surface area contributed by atoms with Gasteiger partial charge in [0.2, 0.25) is 5.75 Å². The minimum absolute atomic E-state index is 0.145. The zero-order valence-corrected chi connectivity index (χ0v) is 8.88. The molecule has 0 fully saturated rings. The molecule has 1 aromatic rings. The first-order chi connectivity index (χ1) is 6.57. The molecule has 0 atom stereocenters. The van der Waals surface area contributed by atoms with E-state index < -0.39 is 10.7 Å². The van der Waals surface area contributed by atoms with Crippen LogP contribution in [0.25, 0.3) is 0 Å². The fourth-order valence-corrected chi connectivity index (χ4v) is 1.26. The van der Waals surface area contributed by atoms with Crippen molar-refractivity contribution in [1.29, 1.82) is 0 Å². The molecule has 4 nitrogen and oxygen atoms in total. The maximum absolute atomic E-state index is 13.3. The van der Waals surface area contributed by atoms with E-state index in [1.807, 2.05) is 0 Å². The number of nitro groups is 1. The highest BCUT2D eigenvalue weighted by Crippen LogP contribution is 2.34. The Morgan fingerprint density at radius 2 is 2.29 bits per heavy atom. The fraction of sp³-hybridized carbons (Fsp3) is 0.250. The molecule has 0 amide bonds. The first kappa shape index (κ1) is 10.9. The molecule has 1 aromatic carbocycles. The predicted molar refractivity (Wildman–Crippen MR) is 51.9 cm³/mol. The fourth-order valence-electron chi connectivity index (χ4n) is 0.947. The van der Waals surface area contributed by atoms with Crippen LogP contribution in [0.4, 0.5) is 10.1 Å². The van der Waals surface area contributed by atoms with E-state index in [1.165, 1.54) is 12.1 Å². The zero-order valence-electron chi connectivity index (χ0n) is 7.29. The largest absolute Gasteiger partial charge is 0.485 e.